The third-order valence-electron chi connectivity index (χ3n) is 2.72. The van der Waals surface area contributed by atoms with Crippen molar-refractivity contribution in [2.75, 3.05) is 4.72 Å². The first-order valence-electron chi connectivity index (χ1n) is 5.71. The molecule has 0 fully saturated rings. The van der Waals surface area contributed by atoms with Crippen LogP contribution in [0.1, 0.15) is 11.1 Å². The van der Waals surface area contributed by atoms with E-state index in [0.29, 0.717) is 15.9 Å². The van der Waals surface area contributed by atoms with Crippen molar-refractivity contribution in [2.24, 2.45) is 0 Å². The van der Waals surface area contributed by atoms with E-state index in [1.807, 2.05) is 0 Å². The van der Waals surface area contributed by atoms with Crippen LogP contribution in [0.25, 0.3) is 0 Å². The van der Waals surface area contributed by atoms with Crippen molar-refractivity contribution in [2.45, 2.75) is 18.7 Å². The maximum atomic E-state index is 12.4. The van der Waals surface area contributed by atoms with Crippen LogP contribution < -0.4 is 4.72 Å². The fourth-order valence-electron chi connectivity index (χ4n) is 1.69. The van der Waals surface area contributed by atoms with E-state index < -0.39 is 10.0 Å². The Bertz CT molecular complexity index is 761. The Kier molecular flexibility index (Phi) is 4.51. The first-order valence-corrected chi connectivity index (χ1v) is 8.77. The minimum atomic E-state index is -3.66. The molecule has 2 aromatic rings. The topological polar surface area (TPSA) is 59.1 Å². The maximum Gasteiger partial charge on any atom is 0.263 e. The summed E-state index contributed by atoms with van der Waals surface area (Å²) in [7, 11) is -3.66. The molecular formula is C13H12Br2N2O2S. The Hall–Kier alpha value is -0.920. The zero-order valence-electron chi connectivity index (χ0n) is 10.8. The van der Waals surface area contributed by atoms with Crippen LogP contribution >= 0.6 is 31.9 Å². The first kappa shape index (κ1) is 15.5. The normalized spacial score (nSPS) is 11.4. The monoisotopic (exact) mass is 418 g/mol. The lowest BCUT2D eigenvalue weighted by Crippen LogP contribution is -2.16. The van der Waals surface area contributed by atoms with Crippen LogP contribution in [0.5, 0.6) is 0 Å². The van der Waals surface area contributed by atoms with Gasteiger partial charge in [-0.3, -0.25) is 4.72 Å². The van der Waals surface area contributed by atoms with Gasteiger partial charge >= 0.3 is 0 Å². The molecule has 0 aliphatic heterocycles. The Morgan fingerprint density at radius 2 is 1.75 bits per heavy atom. The third-order valence-corrected chi connectivity index (χ3v) is 5.12. The first-order chi connectivity index (χ1) is 9.29. The van der Waals surface area contributed by atoms with Gasteiger partial charge in [0.2, 0.25) is 0 Å². The predicted octanol–water partition coefficient (Wildman–Crippen LogP) is 4.02. The van der Waals surface area contributed by atoms with Gasteiger partial charge in [0.15, 0.2) is 0 Å². The predicted molar refractivity (Wildman–Crippen MR) is 86.4 cm³/mol. The van der Waals surface area contributed by atoms with Crippen LogP contribution in [-0.2, 0) is 10.0 Å². The maximum absolute atomic E-state index is 12.4. The summed E-state index contributed by atoms with van der Waals surface area (Å²) in [5, 5.41) is 0. The summed E-state index contributed by atoms with van der Waals surface area (Å²) in [5.41, 5.74) is 1.42. The van der Waals surface area contributed by atoms with Crippen molar-refractivity contribution in [1.82, 2.24) is 4.98 Å². The fraction of sp³-hybridized carbons (Fsp3) is 0.154. The smallest absolute Gasteiger partial charge is 0.263 e. The third kappa shape index (κ3) is 3.39. The van der Waals surface area contributed by atoms with Gasteiger partial charge in [0.25, 0.3) is 10.0 Å². The Balaban J connectivity index is 2.43. The quantitative estimate of drug-likeness (QED) is 0.816. The summed E-state index contributed by atoms with van der Waals surface area (Å²) >= 11 is 6.58. The molecule has 1 N–H and O–H groups in total. The lowest BCUT2D eigenvalue weighted by Gasteiger charge is -2.12. The molecule has 0 saturated carbocycles. The van der Waals surface area contributed by atoms with Crippen LogP contribution in [0.4, 0.5) is 5.82 Å². The summed E-state index contributed by atoms with van der Waals surface area (Å²) in [6.45, 7) is 3.55. The summed E-state index contributed by atoms with van der Waals surface area (Å²) in [5.74, 6) is 0.326. The number of sulfonamides is 1. The van der Waals surface area contributed by atoms with Gasteiger partial charge < -0.3 is 0 Å². The number of benzene rings is 1. The number of hydrogen-bond donors (Lipinski definition) is 1. The average Bonchev–Trinajstić information content (AvgIpc) is 2.35. The number of aromatic nitrogens is 1. The number of nitrogens with one attached hydrogen (secondary N) is 1. The van der Waals surface area contributed by atoms with Crippen molar-refractivity contribution in [3.05, 3.63) is 50.5 Å². The van der Waals surface area contributed by atoms with E-state index in [9.17, 15) is 8.42 Å². The molecule has 0 spiro atoms. The van der Waals surface area contributed by atoms with E-state index in [-0.39, 0.29) is 4.90 Å². The fourth-order valence-corrected chi connectivity index (χ4v) is 4.00. The van der Waals surface area contributed by atoms with Crippen LogP contribution in [-0.4, -0.2) is 13.4 Å². The van der Waals surface area contributed by atoms with E-state index >= 15 is 0 Å². The highest BCUT2D eigenvalue weighted by Gasteiger charge is 2.18. The Morgan fingerprint density at radius 1 is 1.05 bits per heavy atom. The molecule has 0 aliphatic rings. The Morgan fingerprint density at radius 3 is 2.40 bits per heavy atom. The molecule has 2 rings (SSSR count). The molecule has 0 amide bonds. The molecule has 0 aliphatic carbocycles. The molecule has 0 atom stereocenters. The minimum absolute atomic E-state index is 0.232. The van der Waals surface area contributed by atoms with Gasteiger partial charge in [-0.1, -0.05) is 22.0 Å². The number of aryl methyl sites for hydroxylation is 2. The number of anilines is 1. The van der Waals surface area contributed by atoms with Gasteiger partial charge in [0, 0.05) is 15.1 Å². The van der Waals surface area contributed by atoms with E-state index in [1.165, 1.54) is 0 Å². The van der Waals surface area contributed by atoms with Gasteiger partial charge in [-0.25, -0.2) is 13.4 Å². The van der Waals surface area contributed by atoms with Crippen LogP contribution in [0.2, 0.25) is 0 Å². The van der Waals surface area contributed by atoms with Gasteiger partial charge in [-0.15, -0.1) is 0 Å². The second kappa shape index (κ2) is 5.83. The zero-order valence-corrected chi connectivity index (χ0v) is 14.8. The Labute approximate surface area is 134 Å². The molecule has 0 saturated heterocycles. The molecule has 106 valence electrons. The minimum Gasteiger partial charge on any atom is -0.263 e. The second-order valence-corrected chi connectivity index (χ2v) is 7.82. The molecule has 0 radical (unpaired) electrons. The zero-order chi connectivity index (χ0) is 14.9. The molecule has 1 heterocycles. The van der Waals surface area contributed by atoms with Gasteiger partial charge in [0.1, 0.15) is 5.82 Å². The standard InChI is InChI=1S/C13H12Br2N2O2S/c1-8-3-4-10(14)6-12(8)20(18,19)17-13-9(2)5-11(15)7-16-13/h3-7H,1-2H3,(H,16,17). The molecular weight excluding hydrogens is 408 g/mol. The van der Waals surface area contributed by atoms with Gasteiger partial charge in [0.05, 0.1) is 4.90 Å². The van der Waals surface area contributed by atoms with E-state index in [1.54, 1.807) is 44.3 Å². The van der Waals surface area contributed by atoms with E-state index in [0.717, 1.165) is 10.0 Å². The molecule has 7 heteroatoms. The van der Waals surface area contributed by atoms with Crippen LogP contribution in [0.15, 0.2) is 44.3 Å². The lowest BCUT2D eigenvalue weighted by atomic mass is 10.2. The van der Waals surface area contributed by atoms with Crippen molar-refractivity contribution in [3.63, 3.8) is 0 Å². The lowest BCUT2D eigenvalue weighted by molar-refractivity contribution is 0.600. The molecule has 0 bridgehead atoms. The van der Waals surface area contributed by atoms with Gasteiger partial charge in [-0.05, 0) is 59.1 Å². The summed E-state index contributed by atoms with van der Waals surface area (Å²) < 4.78 is 28.9. The molecule has 0 unspecified atom stereocenters. The molecule has 1 aromatic heterocycles. The highest BCUT2D eigenvalue weighted by Crippen LogP contribution is 2.24. The highest BCUT2D eigenvalue weighted by molar-refractivity contribution is 9.10. The summed E-state index contributed by atoms with van der Waals surface area (Å²) in [6.07, 6.45) is 1.55. The number of nitrogens with zero attached hydrogens (tertiary/aromatic N) is 1. The molecule has 1 aromatic carbocycles. The van der Waals surface area contributed by atoms with Crippen molar-refractivity contribution in [3.8, 4) is 0 Å². The SMILES string of the molecule is Cc1ccc(Br)cc1S(=O)(=O)Nc1ncc(Br)cc1C. The van der Waals surface area contributed by atoms with Crippen molar-refractivity contribution >= 4 is 47.7 Å². The van der Waals surface area contributed by atoms with Crippen LogP contribution in [0, 0.1) is 13.8 Å². The van der Waals surface area contributed by atoms with E-state index in [2.05, 4.69) is 41.6 Å². The van der Waals surface area contributed by atoms with Crippen LogP contribution in [0.3, 0.4) is 0 Å². The molecule has 20 heavy (non-hydrogen) atoms. The average molecular weight is 420 g/mol. The number of pyridine rings is 1. The van der Waals surface area contributed by atoms with Crippen molar-refractivity contribution in [1.29, 1.82) is 0 Å². The molecule has 4 nitrogen and oxygen atoms in total. The largest absolute Gasteiger partial charge is 0.263 e. The van der Waals surface area contributed by atoms with Crippen molar-refractivity contribution < 1.29 is 8.42 Å². The van der Waals surface area contributed by atoms with Gasteiger partial charge in [-0.2, -0.15) is 0 Å². The summed E-state index contributed by atoms with van der Waals surface area (Å²) in [6, 6.07) is 6.93. The number of halogens is 2. The summed E-state index contributed by atoms with van der Waals surface area (Å²) in [4.78, 5) is 4.32. The highest BCUT2D eigenvalue weighted by atomic mass is 79.9. The number of rotatable bonds is 3. The second-order valence-electron chi connectivity index (χ2n) is 4.33. The number of hydrogen-bond acceptors (Lipinski definition) is 3. The van der Waals surface area contributed by atoms with E-state index in [4.69, 9.17) is 0 Å².